The Morgan fingerprint density at radius 3 is 2.25 bits per heavy atom. The third kappa shape index (κ3) is 4.15. The molecular formula is C19H27NO4. The number of benzene rings is 1. The highest BCUT2D eigenvalue weighted by Crippen LogP contribution is 2.31. The van der Waals surface area contributed by atoms with Crippen molar-refractivity contribution in [1.29, 1.82) is 0 Å². The second kappa shape index (κ2) is 6.55. The summed E-state index contributed by atoms with van der Waals surface area (Å²) in [6, 6.07) is 7.72. The third-order valence-electron chi connectivity index (χ3n) is 4.27. The van der Waals surface area contributed by atoms with Crippen LogP contribution in [0.1, 0.15) is 46.6 Å². The Morgan fingerprint density at radius 2 is 1.79 bits per heavy atom. The Hall–Kier alpha value is -1.88. The molecule has 1 fully saturated rings. The Bertz CT molecular complexity index is 613. The van der Waals surface area contributed by atoms with Crippen molar-refractivity contribution >= 4 is 11.8 Å². The first-order valence-electron chi connectivity index (χ1n) is 8.27. The van der Waals surface area contributed by atoms with Gasteiger partial charge in [0.15, 0.2) is 0 Å². The van der Waals surface area contributed by atoms with Crippen LogP contribution in [-0.4, -0.2) is 41.1 Å². The SMILES string of the molecule is CC1(C)CC(=O)N(C[C@@H](O)COc2ccc(C(C)(C)C)cc2)C1=O. The predicted molar refractivity (Wildman–Crippen MR) is 91.8 cm³/mol. The lowest BCUT2D eigenvalue weighted by molar-refractivity contribution is -0.142. The predicted octanol–water partition coefficient (Wildman–Crippen LogP) is 2.51. The molecule has 0 spiro atoms. The highest BCUT2D eigenvalue weighted by molar-refractivity contribution is 6.05. The van der Waals surface area contributed by atoms with Crippen LogP contribution in [0.15, 0.2) is 24.3 Å². The van der Waals surface area contributed by atoms with Gasteiger partial charge >= 0.3 is 0 Å². The number of amides is 2. The van der Waals surface area contributed by atoms with Gasteiger partial charge in [0.05, 0.1) is 12.0 Å². The van der Waals surface area contributed by atoms with Gasteiger partial charge in [0.1, 0.15) is 18.5 Å². The molecule has 1 aromatic carbocycles. The topological polar surface area (TPSA) is 66.8 Å². The summed E-state index contributed by atoms with van der Waals surface area (Å²) in [7, 11) is 0. The maximum Gasteiger partial charge on any atom is 0.235 e. The molecule has 0 aromatic heterocycles. The van der Waals surface area contributed by atoms with Gasteiger partial charge in [0.2, 0.25) is 11.8 Å². The fraction of sp³-hybridized carbons (Fsp3) is 0.579. The molecule has 2 rings (SSSR count). The van der Waals surface area contributed by atoms with Gasteiger partial charge in [0, 0.05) is 6.42 Å². The maximum absolute atomic E-state index is 12.1. The largest absolute Gasteiger partial charge is 0.491 e. The Labute approximate surface area is 143 Å². The molecule has 0 aliphatic carbocycles. The molecule has 1 N–H and O–H groups in total. The number of hydrogen-bond acceptors (Lipinski definition) is 4. The Balaban J connectivity index is 1.89. The zero-order valence-electron chi connectivity index (χ0n) is 15.1. The van der Waals surface area contributed by atoms with Crippen LogP contribution in [0, 0.1) is 5.41 Å². The summed E-state index contributed by atoms with van der Waals surface area (Å²) in [5.41, 5.74) is 0.591. The molecule has 5 nitrogen and oxygen atoms in total. The van der Waals surface area contributed by atoms with E-state index in [1.807, 2.05) is 24.3 Å². The smallest absolute Gasteiger partial charge is 0.235 e. The average molecular weight is 333 g/mol. The molecule has 0 unspecified atom stereocenters. The van der Waals surface area contributed by atoms with Gasteiger partial charge in [-0.05, 0) is 23.1 Å². The molecule has 2 amide bonds. The van der Waals surface area contributed by atoms with Gasteiger partial charge in [-0.25, -0.2) is 0 Å². The first-order valence-corrected chi connectivity index (χ1v) is 8.27. The molecule has 1 heterocycles. The molecule has 0 radical (unpaired) electrons. The number of carbonyl (C=O) groups excluding carboxylic acids is 2. The van der Waals surface area contributed by atoms with E-state index in [-0.39, 0.29) is 36.8 Å². The van der Waals surface area contributed by atoms with Gasteiger partial charge in [-0.15, -0.1) is 0 Å². The number of rotatable bonds is 5. The summed E-state index contributed by atoms with van der Waals surface area (Å²) >= 11 is 0. The van der Waals surface area contributed by atoms with Crippen molar-refractivity contribution in [3.8, 4) is 5.75 Å². The van der Waals surface area contributed by atoms with Crippen LogP contribution in [-0.2, 0) is 15.0 Å². The number of hydrogen-bond donors (Lipinski definition) is 1. The Morgan fingerprint density at radius 1 is 1.21 bits per heavy atom. The number of ether oxygens (including phenoxy) is 1. The van der Waals surface area contributed by atoms with E-state index in [0.717, 1.165) is 4.90 Å². The van der Waals surface area contributed by atoms with Crippen LogP contribution >= 0.6 is 0 Å². The molecule has 1 aliphatic rings. The lowest BCUT2D eigenvalue weighted by Gasteiger charge is -2.21. The van der Waals surface area contributed by atoms with E-state index in [1.54, 1.807) is 13.8 Å². The molecule has 1 aliphatic heterocycles. The summed E-state index contributed by atoms with van der Waals surface area (Å²) in [4.78, 5) is 25.2. The highest BCUT2D eigenvalue weighted by atomic mass is 16.5. The number of likely N-dealkylation sites (tertiary alicyclic amines) is 1. The van der Waals surface area contributed by atoms with Crippen molar-refractivity contribution in [1.82, 2.24) is 4.90 Å². The van der Waals surface area contributed by atoms with Crippen molar-refractivity contribution in [2.45, 2.75) is 52.6 Å². The van der Waals surface area contributed by atoms with Gasteiger partial charge in [-0.2, -0.15) is 0 Å². The lowest BCUT2D eigenvalue weighted by atomic mass is 9.87. The van der Waals surface area contributed by atoms with E-state index >= 15 is 0 Å². The number of carbonyl (C=O) groups is 2. The Kier molecular flexibility index (Phi) is 5.04. The molecule has 1 atom stereocenters. The molecule has 0 saturated carbocycles. The van der Waals surface area contributed by atoms with Crippen molar-refractivity contribution in [3.05, 3.63) is 29.8 Å². The summed E-state index contributed by atoms with van der Waals surface area (Å²) < 4.78 is 5.57. The van der Waals surface area contributed by atoms with Crippen LogP contribution in [0.5, 0.6) is 5.75 Å². The van der Waals surface area contributed by atoms with Crippen LogP contribution in [0.4, 0.5) is 0 Å². The molecular weight excluding hydrogens is 306 g/mol. The van der Waals surface area contributed by atoms with Crippen molar-refractivity contribution in [2.24, 2.45) is 5.41 Å². The van der Waals surface area contributed by atoms with Crippen molar-refractivity contribution in [2.75, 3.05) is 13.2 Å². The molecule has 1 saturated heterocycles. The zero-order chi connectivity index (χ0) is 18.1. The first-order chi connectivity index (χ1) is 11.0. The fourth-order valence-electron chi connectivity index (χ4n) is 2.72. The summed E-state index contributed by atoms with van der Waals surface area (Å²) in [6.07, 6.45) is -0.720. The van der Waals surface area contributed by atoms with Gasteiger partial charge < -0.3 is 9.84 Å². The minimum absolute atomic E-state index is 0.0266. The minimum Gasteiger partial charge on any atom is -0.491 e. The molecule has 1 aromatic rings. The minimum atomic E-state index is -0.908. The summed E-state index contributed by atoms with van der Waals surface area (Å²) in [5, 5.41) is 10.1. The van der Waals surface area contributed by atoms with Gasteiger partial charge in [-0.1, -0.05) is 46.8 Å². The second-order valence-corrected chi connectivity index (χ2v) is 8.11. The van der Waals surface area contributed by atoms with Crippen LogP contribution in [0.3, 0.4) is 0 Å². The monoisotopic (exact) mass is 333 g/mol. The van der Waals surface area contributed by atoms with Crippen LogP contribution in [0.25, 0.3) is 0 Å². The second-order valence-electron chi connectivity index (χ2n) is 8.11. The fourth-order valence-corrected chi connectivity index (χ4v) is 2.72. The molecule has 24 heavy (non-hydrogen) atoms. The number of aliphatic hydroxyl groups excluding tert-OH is 1. The zero-order valence-corrected chi connectivity index (χ0v) is 15.1. The van der Waals surface area contributed by atoms with Gasteiger partial charge in [0.25, 0.3) is 0 Å². The van der Waals surface area contributed by atoms with E-state index in [4.69, 9.17) is 4.74 Å². The van der Waals surface area contributed by atoms with E-state index in [1.165, 1.54) is 5.56 Å². The third-order valence-corrected chi connectivity index (χ3v) is 4.27. The molecule has 132 valence electrons. The maximum atomic E-state index is 12.1. The lowest BCUT2D eigenvalue weighted by Crippen LogP contribution is -2.40. The van der Waals surface area contributed by atoms with E-state index in [0.29, 0.717) is 5.75 Å². The van der Waals surface area contributed by atoms with Crippen LogP contribution in [0.2, 0.25) is 0 Å². The van der Waals surface area contributed by atoms with Gasteiger partial charge in [-0.3, -0.25) is 14.5 Å². The summed E-state index contributed by atoms with van der Waals surface area (Å²) in [5.74, 6) is 0.182. The number of β-amino-alcohol motifs (C(OH)–C–C–N with tert-alkyl or cyclic N) is 1. The number of aliphatic hydroxyl groups is 1. The quantitative estimate of drug-likeness (QED) is 0.841. The molecule has 5 heteroatoms. The molecule has 0 bridgehead atoms. The average Bonchev–Trinajstić information content (AvgIpc) is 2.67. The standard InChI is InChI=1S/C19H27NO4/c1-18(2,3)13-6-8-15(9-7-13)24-12-14(21)11-20-16(22)10-19(4,5)17(20)23/h6-9,14,21H,10-12H2,1-5H3/t14-/m1/s1. The summed E-state index contributed by atoms with van der Waals surface area (Å²) in [6.45, 7) is 9.90. The van der Waals surface area contributed by atoms with E-state index in [2.05, 4.69) is 20.8 Å². The number of imide groups is 1. The number of nitrogens with zero attached hydrogens (tertiary/aromatic N) is 1. The van der Waals surface area contributed by atoms with E-state index < -0.39 is 11.5 Å². The van der Waals surface area contributed by atoms with E-state index in [9.17, 15) is 14.7 Å². The van der Waals surface area contributed by atoms with Crippen LogP contribution < -0.4 is 4.74 Å². The normalized spacial score (nSPS) is 18.8. The van der Waals surface area contributed by atoms with Crippen molar-refractivity contribution in [3.63, 3.8) is 0 Å². The van der Waals surface area contributed by atoms with Crippen molar-refractivity contribution < 1.29 is 19.4 Å². The first kappa shape index (κ1) is 18.5. The highest BCUT2D eigenvalue weighted by Gasteiger charge is 2.45.